The van der Waals surface area contributed by atoms with E-state index in [1.807, 2.05) is 180 Å². The van der Waals surface area contributed by atoms with Gasteiger partial charge in [-0.1, -0.05) is 156 Å². The molecule has 0 amide bonds. The fraction of sp³-hybridized carbons (Fsp3) is 0.353. The summed E-state index contributed by atoms with van der Waals surface area (Å²) in [6.45, 7) is 24.0. The number of benzene rings is 3. The van der Waals surface area contributed by atoms with E-state index in [9.17, 15) is 0 Å². The molecule has 0 atom stereocenters. The van der Waals surface area contributed by atoms with Crippen molar-refractivity contribution in [1.29, 1.82) is 0 Å². The van der Waals surface area contributed by atoms with E-state index in [2.05, 4.69) is 0 Å². The number of hydrogen-bond donors (Lipinski definition) is 2. The zero-order chi connectivity index (χ0) is 26.5. The van der Waals surface area contributed by atoms with Gasteiger partial charge < -0.3 is 41.2 Å². The van der Waals surface area contributed by atoms with Crippen LogP contribution in [0.3, 0.4) is 0 Å². The molecule has 0 heterocycles. The molecule has 38 heavy (non-hydrogen) atoms. The summed E-state index contributed by atoms with van der Waals surface area (Å²) < 4.78 is 0. The molecule has 0 bridgehead atoms. The van der Waals surface area contributed by atoms with Crippen LogP contribution in [0.5, 0.6) is 0 Å². The van der Waals surface area contributed by atoms with Crippen molar-refractivity contribution in [2.75, 3.05) is 11.5 Å². The van der Waals surface area contributed by atoms with Crippen LogP contribution in [0.1, 0.15) is 83.1 Å². The minimum atomic E-state index is 0. The predicted octanol–water partition coefficient (Wildman–Crippen LogP) is 12.2. The van der Waals surface area contributed by atoms with Crippen LogP contribution in [-0.2, 0) is 65.4 Å². The molecule has 3 aromatic carbocycles. The Balaban J connectivity index is -0.0000000210. The Morgan fingerprint density at radius 3 is 0.474 bits per heavy atom. The van der Waals surface area contributed by atoms with E-state index in [1.165, 1.54) is 0 Å². The van der Waals surface area contributed by atoms with Gasteiger partial charge in [0.25, 0.3) is 0 Å². The number of rotatable bonds is 0. The molecule has 4 N–H and O–H groups in total. The van der Waals surface area contributed by atoms with Crippen LogP contribution in [0.4, 0.5) is 11.4 Å². The van der Waals surface area contributed by atoms with Crippen molar-refractivity contribution >= 4 is 11.4 Å². The summed E-state index contributed by atoms with van der Waals surface area (Å²) in [5, 5.41) is 0. The molecule has 0 spiro atoms. The first-order valence-corrected chi connectivity index (χ1v) is 12.4. The van der Waals surface area contributed by atoms with E-state index >= 15 is 0 Å². The number of hydrogen-bond acceptors (Lipinski definition) is 2. The quantitative estimate of drug-likeness (QED) is 0.183. The van der Waals surface area contributed by atoms with Gasteiger partial charge in [0.2, 0.25) is 0 Å². The van der Waals surface area contributed by atoms with Crippen molar-refractivity contribution in [3.05, 3.63) is 127 Å². The van der Waals surface area contributed by atoms with Crippen LogP contribution >= 0.6 is 0 Å². The minimum Gasteiger partial charge on any atom is -0.399 e. The maximum atomic E-state index is 5.36. The summed E-state index contributed by atoms with van der Waals surface area (Å²) in [6, 6.07) is 31.0. The average molecular weight is 683 g/mol. The third-order valence-corrected chi connectivity index (χ3v) is 2.27. The number of para-hydroxylation sites is 2. The van der Waals surface area contributed by atoms with E-state index in [1.54, 1.807) is 0 Å². The van der Waals surface area contributed by atoms with Crippen molar-refractivity contribution in [2.24, 2.45) is 0 Å². The second-order valence-corrected chi connectivity index (χ2v) is 3.98. The monoisotopic (exact) mass is 682 g/mol. The second kappa shape index (κ2) is 99.5. The van der Waals surface area contributed by atoms with Gasteiger partial charge in [-0.05, 0) is 24.3 Å². The summed E-state index contributed by atoms with van der Waals surface area (Å²) >= 11 is 0. The average Bonchev–Trinajstić information content (AvgIpc) is 2.94. The van der Waals surface area contributed by atoms with Crippen LogP contribution < -0.4 is 11.5 Å². The molecule has 2 radical (unpaired) electrons. The van der Waals surface area contributed by atoms with E-state index < -0.39 is 0 Å². The van der Waals surface area contributed by atoms with Gasteiger partial charge in [0.1, 0.15) is 0 Å². The molecule has 224 valence electrons. The Morgan fingerprint density at radius 2 is 0.395 bits per heavy atom. The topological polar surface area (TPSA) is 52.0 Å². The molecule has 0 aliphatic rings. The van der Waals surface area contributed by atoms with Gasteiger partial charge in [0.15, 0.2) is 0 Å². The smallest absolute Gasteiger partial charge is 0.0313 e. The molecular formula is C34H68N2Y2-4. The van der Waals surface area contributed by atoms with E-state index in [4.69, 9.17) is 11.5 Å². The molecule has 0 fully saturated rings. The molecule has 0 aromatic heterocycles. The summed E-state index contributed by atoms with van der Waals surface area (Å²) in [4.78, 5) is 0. The summed E-state index contributed by atoms with van der Waals surface area (Å²) in [5.41, 5.74) is 12.4. The van der Waals surface area contributed by atoms with Crippen molar-refractivity contribution in [3.63, 3.8) is 0 Å². The maximum absolute atomic E-state index is 5.36. The number of nitrogen functional groups attached to an aromatic ring is 2. The van der Waals surface area contributed by atoms with Gasteiger partial charge in [-0.2, -0.15) is 0 Å². The molecule has 4 heteroatoms. The normalized spacial score (nSPS) is 5.37. The van der Waals surface area contributed by atoms with Crippen molar-refractivity contribution in [3.8, 4) is 0 Å². The van der Waals surface area contributed by atoms with Crippen LogP contribution in [0.15, 0.2) is 97.1 Å². The van der Waals surface area contributed by atoms with Gasteiger partial charge in [-0.15, -0.1) is 0 Å². The maximum Gasteiger partial charge on any atom is 0.0313 e. The Hall–Kier alpha value is -0.532. The van der Waals surface area contributed by atoms with Crippen molar-refractivity contribution < 1.29 is 65.4 Å². The van der Waals surface area contributed by atoms with Crippen LogP contribution in [0, 0.1) is 29.7 Å². The standard InChI is InChI=1S/2C6H7N.C6H6.6C2H6.4CH3.2Y/c2*7-6-4-2-1-3-5-6;1-2-4-6-5-3-1;6*1-2;;;;;;/h2*1-5H,7H2;1-6H;6*1-2H3;4*1H3;;/q;;;;;;;;;4*-1;;. The first-order chi connectivity index (χ1) is 15.8. The number of nitrogens with two attached hydrogens (primary N) is 2. The molecule has 2 nitrogen and oxygen atoms in total. The van der Waals surface area contributed by atoms with E-state index in [0.717, 1.165) is 11.4 Å². The first kappa shape index (κ1) is 76.8. The Kier molecular flexibility index (Phi) is 201. The summed E-state index contributed by atoms with van der Waals surface area (Å²) in [5.74, 6) is 0. The zero-order valence-corrected chi connectivity index (χ0v) is 34.2. The molecule has 0 aliphatic carbocycles. The third kappa shape index (κ3) is 91.4. The molecule has 3 aromatic rings. The van der Waals surface area contributed by atoms with Gasteiger partial charge in [0.05, 0.1) is 0 Å². The fourth-order valence-corrected chi connectivity index (χ4v) is 1.29. The second-order valence-electron chi connectivity index (χ2n) is 3.98. The van der Waals surface area contributed by atoms with Crippen LogP contribution in [0.25, 0.3) is 0 Å². The van der Waals surface area contributed by atoms with E-state index in [0.29, 0.717) is 0 Å². The minimum absolute atomic E-state index is 0. The first-order valence-electron chi connectivity index (χ1n) is 12.4. The molecule has 0 unspecified atom stereocenters. The Labute approximate surface area is 295 Å². The summed E-state index contributed by atoms with van der Waals surface area (Å²) in [6.07, 6.45) is 0. The zero-order valence-electron chi connectivity index (χ0n) is 28.5. The van der Waals surface area contributed by atoms with Crippen LogP contribution in [-0.4, -0.2) is 0 Å². The predicted molar refractivity (Wildman–Crippen MR) is 182 cm³/mol. The van der Waals surface area contributed by atoms with Crippen molar-refractivity contribution in [1.82, 2.24) is 0 Å². The molecule has 3 rings (SSSR count). The summed E-state index contributed by atoms with van der Waals surface area (Å²) in [7, 11) is 0. The van der Waals surface area contributed by atoms with Gasteiger partial charge in [0, 0.05) is 76.8 Å². The van der Waals surface area contributed by atoms with Crippen LogP contribution in [0.2, 0.25) is 0 Å². The third-order valence-electron chi connectivity index (χ3n) is 2.27. The molecule has 0 saturated carbocycles. The van der Waals surface area contributed by atoms with Gasteiger partial charge in [-0.25, -0.2) is 0 Å². The van der Waals surface area contributed by atoms with Crippen molar-refractivity contribution in [2.45, 2.75) is 83.1 Å². The fourth-order valence-electron chi connectivity index (χ4n) is 1.29. The van der Waals surface area contributed by atoms with Gasteiger partial charge in [-0.3, -0.25) is 0 Å². The van der Waals surface area contributed by atoms with E-state index in [-0.39, 0.29) is 95.1 Å². The Morgan fingerprint density at radius 1 is 0.289 bits per heavy atom. The SMILES string of the molecule is CC.CC.CC.CC.CC.CC.Nc1ccccc1.Nc1ccccc1.[CH3-].[CH3-].[CH3-].[CH3-].[Y].[Y].c1ccccc1. The largest absolute Gasteiger partial charge is 0.399 e. The molecule has 0 saturated heterocycles. The Bertz CT molecular complexity index is 485. The number of anilines is 2. The molecular weight excluding hydrogens is 614 g/mol. The van der Waals surface area contributed by atoms with Gasteiger partial charge >= 0.3 is 0 Å². The molecule has 0 aliphatic heterocycles.